The number of carbonyl (C=O) groups is 2. The van der Waals surface area contributed by atoms with Gasteiger partial charge in [-0.3, -0.25) is 9.59 Å². The summed E-state index contributed by atoms with van der Waals surface area (Å²) in [5, 5.41) is 0. The van der Waals surface area contributed by atoms with Gasteiger partial charge in [-0.1, -0.05) is 0 Å². The molecule has 1 fully saturated rings. The molecule has 1 amide bonds. The van der Waals surface area contributed by atoms with E-state index in [4.69, 9.17) is 9.47 Å². The van der Waals surface area contributed by atoms with E-state index in [0.717, 1.165) is 0 Å². The molecule has 1 aromatic carbocycles. The first kappa shape index (κ1) is 21.6. The number of sulfonamides is 1. The van der Waals surface area contributed by atoms with Crippen LogP contribution in [0.5, 0.6) is 5.75 Å². The van der Waals surface area contributed by atoms with E-state index in [9.17, 15) is 18.0 Å². The van der Waals surface area contributed by atoms with Crippen LogP contribution in [0, 0.1) is 5.92 Å². The van der Waals surface area contributed by atoms with Gasteiger partial charge in [-0.2, -0.15) is 4.31 Å². The molecular formula is C20H28N2O6S. The van der Waals surface area contributed by atoms with Crippen molar-refractivity contribution in [2.45, 2.75) is 51.0 Å². The van der Waals surface area contributed by atoms with Gasteiger partial charge < -0.3 is 14.4 Å². The number of hydrogen-bond donors (Lipinski definition) is 0. The third kappa shape index (κ3) is 4.40. The van der Waals surface area contributed by atoms with Gasteiger partial charge >= 0.3 is 5.97 Å². The molecule has 1 unspecified atom stereocenters. The number of amides is 1. The average Bonchev–Trinajstić information content (AvgIpc) is 2.66. The minimum Gasteiger partial charge on any atom is -0.484 e. The Labute approximate surface area is 171 Å². The number of nitrogens with zero attached hydrogens (tertiary/aromatic N) is 2. The summed E-state index contributed by atoms with van der Waals surface area (Å²) in [7, 11) is -3.82. The first-order valence-corrected chi connectivity index (χ1v) is 11.3. The van der Waals surface area contributed by atoms with Gasteiger partial charge in [0.25, 0.3) is 0 Å². The second-order valence-electron chi connectivity index (χ2n) is 8.05. The van der Waals surface area contributed by atoms with E-state index in [0.29, 0.717) is 37.4 Å². The molecule has 29 heavy (non-hydrogen) atoms. The largest absolute Gasteiger partial charge is 0.484 e. The van der Waals surface area contributed by atoms with Gasteiger partial charge in [0.15, 0.2) is 0 Å². The Morgan fingerprint density at radius 3 is 2.69 bits per heavy atom. The number of benzene rings is 1. The highest BCUT2D eigenvalue weighted by Gasteiger charge is 2.37. The molecule has 0 N–H and O–H groups in total. The standard InChI is InChI=1S/C20H28N2O6S/c1-5-27-19(24)15-7-6-10-21(12-15)29(25,26)16-8-9-18-17(11-16)22(14(2)23)13-20(3,4)28-18/h8-9,11,15H,5-7,10,12-13H2,1-4H3. The number of ether oxygens (including phenoxy) is 2. The van der Waals surface area contributed by atoms with Crippen LogP contribution < -0.4 is 9.64 Å². The van der Waals surface area contributed by atoms with Crippen molar-refractivity contribution in [3.05, 3.63) is 18.2 Å². The lowest BCUT2D eigenvalue weighted by atomic mass is 10.0. The highest BCUT2D eigenvalue weighted by atomic mass is 32.2. The van der Waals surface area contributed by atoms with Crippen LogP contribution in [0.1, 0.15) is 40.5 Å². The second kappa shape index (κ2) is 7.95. The van der Waals surface area contributed by atoms with E-state index in [2.05, 4.69) is 0 Å². The zero-order chi connectivity index (χ0) is 21.4. The number of piperidine rings is 1. The number of anilines is 1. The van der Waals surface area contributed by atoms with Gasteiger partial charge in [-0.25, -0.2) is 8.42 Å². The van der Waals surface area contributed by atoms with E-state index in [1.807, 2.05) is 13.8 Å². The summed E-state index contributed by atoms with van der Waals surface area (Å²) in [6, 6.07) is 4.56. The summed E-state index contributed by atoms with van der Waals surface area (Å²) in [4.78, 5) is 25.8. The monoisotopic (exact) mass is 424 g/mol. The molecule has 2 aliphatic rings. The summed E-state index contributed by atoms with van der Waals surface area (Å²) < 4.78 is 38.8. The maximum atomic E-state index is 13.2. The summed E-state index contributed by atoms with van der Waals surface area (Å²) in [6.07, 6.45) is 1.20. The first-order valence-electron chi connectivity index (χ1n) is 9.83. The molecule has 8 nitrogen and oxygen atoms in total. The van der Waals surface area contributed by atoms with Crippen LogP contribution in [0.3, 0.4) is 0 Å². The fourth-order valence-corrected chi connectivity index (χ4v) is 5.34. The first-order chi connectivity index (χ1) is 13.5. The van der Waals surface area contributed by atoms with Crippen molar-refractivity contribution in [3.8, 4) is 5.75 Å². The third-order valence-corrected chi connectivity index (χ3v) is 7.03. The molecule has 0 saturated carbocycles. The van der Waals surface area contributed by atoms with Gasteiger partial charge in [0.05, 0.1) is 29.7 Å². The number of hydrogen-bond acceptors (Lipinski definition) is 6. The summed E-state index contributed by atoms with van der Waals surface area (Å²) >= 11 is 0. The van der Waals surface area contributed by atoms with Gasteiger partial charge in [-0.15, -0.1) is 0 Å². The number of fused-ring (bicyclic) bond motifs is 1. The van der Waals surface area contributed by atoms with Crippen LogP contribution in [-0.4, -0.2) is 56.4 Å². The van der Waals surface area contributed by atoms with E-state index < -0.39 is 21.5 Å². The number of rotatable bonds is 4. The highest BCUT2D eigenvalue weighted by molar-refractivity contribution is 7.89. The molecule has 2 aliphatic heterocycles. The van der Waals surface area contributed by atoms with E-state index in [1.54, 1.807) is 13.0 Å². The van der Waals surface area contributed by atoms with Crippen LogP contribution >= 0.6 is 0 Å². The Balaban J connectivity index is 1.91. The van der Waals surface area contributed by atoms with Gasteiger partial charge in [0, 0.05) is 20.0 Å². The Morgan fingerprint density at radius 2 is 2.03 bits per heavy atom. The molecule has 0 aromatic heterocycles. The molecule has 9 heteroatoms. The quantitative estimate of drug-likeness (QED) is 0.688. The van der Waals surface area contributed by atoms with Crippen molar-refractivity contribution < 1.29 is 27.5 Å². The van der Waals surface area contributed by atoms with E-state index >= 15 is 0 Å². The zero-order valence-electron chi connectivity index (χ0n) is 17.3. The summed E-state index contributed by atoms with van der Waals surface area (Å²) in [5.41, 5.74) is -0.129. The molecule has 1 saturated heterocycles. The van der Waals surface area contributed by atoms with Crippen LogP contribution in [0.15, 0.2) is 23.1 Å². The van der Waals surface area contributed by atoms with Gasteiger partial charge in [0.2, 0.25) is 15.9 Å². The van der Waals surface area contributed by atoms with E-state index in [1.165, 1.54) is 28.3 Å². The van der Waals surface area contributed by atoms with Crippen molar-refractivity contribution in [1.29, 1.82) is 0 Å². The van der Waals surface area contributed by atoms with Crippen LogP contribution in [-0.2, 0) is 24.3 Å². The van der Waals surface area contributed by atoms with Crippen LogP contribution in [0.4, 0.5) is 5.69 Å². The fourth-order valence-electron chi connectivity index (χ4n) is 3.79. The summed E-state index contributed by atoms with van der Waals surface area (Å²) in [6.45, 7) is 7.96. The average molecular weight is 425 g/mol. The van der Waals surface area contributed by atoms with E-state index in [-0.39, 0.29) is 29.9 Å². The van der Waals surface area contributed by atoms with Crippen molar-refractivity contribution in [1.82, 2.24) is 4.31 Å². The minimum absolute atomic E-state index is 0.0790. The SMILES string of the molecule is CCOC(=O)C1CCCN(S(=O)(=O)c2ccc3c(c2)N(C(C)=O)CC(C)(C)O3)C1. The lowest BCUT2D eigenvalue weighted by Gasteiger charge is -2.39. The minimum atomic E-state index is -3.82. The molecule has 0 spiro atoms. The predicted octanol–water partition coefficient (Wildman–Crippen LogP) is 2.17. The van der Waals surface area contributed by atoms with Crippen molar-refractivity contribution >= 4 is 27.6 Å². The smallest absolute Gasteiger partial charge is 0.310 e. The lowest BCUT2D eigenvalue weighted by molar-refractivity contribution is -0.149. The molecule has 3 rings (SSSR count). The maximum Gasteiger partial charge on any atom is 0.310 e. The lowest BCUT2D eigenvalue weighted by Crippen LogP contribution is -2.48. The van der Waals surface area contributed by atoms with Gasteiger partial charge in [-0.05, 0) is 51.8 Å². The highest BCUT2D eigenvalue weighted by Crippen LogP contribution is 2.39. The Morgan fingerprint density at radius 1 is 1.31 bits per heavy atom. The van der Waals surface area contributed by atoms with Crippen molar-refractivity contribution in [2.24, 2.45) is 5.92 Å². The fraction of sp³-hybridized carbons (Fsp3) is 0.600. The predicted molar refractivity (Wildman–Crippen MR) is 107 cm³/mol. The second-order valence-corrected chi connectivity index (χ2v) is 9.99. The van der Waals surface area contributed by atoms with Crippen molar-refractivity contribution in [2.75, 3.05) is 31.1 Å². The Bertz CT molecular complexity index is 912. The summed E-state index contributed by atoms with van der Waals surface area (Å²) in [5.74, 6) is -0.541. The number of esters is 1. The molecule has 0 bridgehead atoms. The molecule has 0 aliphatic carbocycles. The topological polar surface area (TPSA) is 93.2 Å². The van der Waals surface area contributed by atoms with Crippen molar-refractivity contribution in [3.63, 3.8) is 0 Å². The Kier molecular flexibility index (Phi) is 5.91. The molecule has 160 valence electrons. The molecule has 0 radical (unpaired) electrons. The molecule has 2 heterocycles. The Hall–Kier alpha value is -2.13. The molecule has 1 atom stereocenters. The maximum absolute atomic E-state index is 13.2. The molecule has 1 aromatic rings. The third-order valence-electron chi connectivity index (χ3n) is 5.17. The zero-order valence-corrected chi connectivity index (χ0v) is 18.1. The normalized spacial score (nSPS) is 21.8. The van der Waals surface area contributed by atoms with Crippen LogP contribution in [0.2, 0.25) is 0 Å². The van der Waals surface area contributed by atoms with Gasteiger partial charge in [0.1, 0.15) is 11.4 Å². The number of carbonyl (C=O) groups excluding carboxylic acids is 2. The van der Waals surface area contributed by atoms with Crippen LogP contribution in [0.25, 0.3) is 0 Å². The molecular weight excluding hydrogens is 396 g/mol.